The molecule has 0 unspecified atom stereocenters. The lowest BCUT2D eigenvalue weighted by Gasteiger charge is -2.36. The van der Waals surface area contributed by atoms with Crippen molar-refractivity contribution in [3.8, 4) is 11.8 Å². The smallest absolute Gasteiger partial charge is 0.243 e. The van der Waals surface area contributed by atoms with Crippen LogP contribution in [0.4, 0.5) is 0 Å². The van der Waals surface area contributed by atoms with Crippen LogP contribution in [-0.2, 0) is 10.0 Å². The molecule has 0 aliphatic heterocycles. The lowest BCUT2D eigenvalue weighted by Crippen LogP contribution is -2.45. The molecule has 0 spiro atoms. The second-order valence-corrected chi connectivity index (χ2v) is 6.80. The molecule has 1 saturated carbocycles. The Kier molecular flexibility index (Phi) is 5.37. The molecule has 2 rings (SSSR count). The van der Waals surface area contributed by atoms with E-state index in [9.17, 15) is 8.42 Å². The molecule has 0 aromatic heterocycles. The topological polar surface area (TPSA) is 77.8 Å². The van der Waals surface area contributed by atoms with Crippen LogP contribution in [0.5, 0.6) is 0 Å². The minimum atomic E-state index is -3.63. The first kappa shape index (κ1) is 16.0. The van der Waals surface area contributed by atoms with Gasteiger partial charge in [-0.15, -0.1) is 0 Å². The maximum Gasteiger partial charge on any atom is 0.243 e. The van der Waals surface area contributed by atoms with Crippen molar-refractivity contribution < 1.29 is 18.6 Å². The molecular weight excluding hydrogens is 290 g/mol. The highest BCUT2D eigenvalue weighted by molar-refractivity contribution is 7.89. The molecule has 114 valence electrons. The quantitative estimate of drug-likeness (QED) is 0.779. The monoisotopic (exact) mass is 309 g/mol. The predicted octanol–water partition coefficient (Wildman–Crippen LogP) is 0.566. The number of benzene rings is 1. The minimum absolute atomic E-state index is 0.0191. The fourth-order valence-corrected chi connectivity index (χ4v) is 4.01. The van der Waals surface area contributed by atoms with Crippen molar-refractivity contribution >= 4 is 10.0 Å². The van der Waals surface area contributed by atoms with Gasteiger partial charge in [-0.3, -0.25) is 0 Å². The Morgan fingerprint density at radius 1 is 1.29 bits per heavy atom. The molecule has 0 amide bonds. The van der Waals surface area contributed by atoms with E-state index in [0.29, 0.717) is 5.56 Å². The van der Waals surface area contributed by atoms with E-state index in [1.807, 2.05) is 0 Å². The van der Waals surface area contributed by atoms with Gasteiger partial charge in [-0.25, -0.2) is 8.42 Å². The van der Waals surface area contributed by atoms with Gasteiger partial charge in [0.15, 0.2) is 0 Å². The van der Waals surface area contributed by atoms with Crippen LogP contribution in [0.3, 0.4) is 0 Å². The first-order valence-corrected chi connectivity index (χ1v) is 8.36. The third-order valence-corrected chi connectivity index (χ3v) is 5.50. The standard InChI is InChI=1S/C15H19NO4S/c17-10-3-5-13-4-1-8-15(12-13)21(19,20)16(9-11-18)14-6-2-7-14/h1,4,8,12,14,17-18H,2,6-7,9-11H2. The molecule has 0 saturated heterocycles. The zero-order chi connectivity index (χ0) is 15.3. The lowest BCUT2D eigenvalue weighted by molar-refractivity contribution is 0.178. The van der Waals surface area contributed by atoms with Crippen LogP contribution in [0.15, 0.2) is 29.2 Å². The number of rotatable bonds is 5. The van der Waals surface area contributed by atoms with E-state index in [4.69, 9.17) is 10.2 Å². The van der Waals surface area contributed by atoms with Gasteiger partial charge in [-0.2, -0.15) is 4.31 Å². The molecule has 1 aromatic rings. The van der Waals surface area contributed by atoms with Crippen molar-refractivity contribution in [2.24, 2.45) is 0 Å². The van der Waals surface area contributed by atoms with E-state index in [1.54, 1.807) is 12.1 Å². The lowest BCUT2D eigenvalue weighted by atomic mass is 9.93. The summed E-state index contributed by atoms with van der Waals surface area (Å²) in [6.07, 6.45) is 2.69. The van der Waals surface area contributed by atoms with Crippen molar-refractivity contribution in [2.45, 2.75) is 30.2 Å². The maximum atomic E-state index is 12.7. The van der Waals surface area contributed by atoms with E-state index >= 15 is 0 Å². The Morgan fingerprint density at radius 3 is 2.62 bits per heavy atom. The highest BCUT2D eigenvalue weighted by atomic mass is 32.2. The Morgan fingerprint density at radius 2 is 2.05 bits per heavy atom. The zero-order valence-corrected chi connectivity index (χ0v) is 12.5. The third-order valence-electron chi connectivity index (χ3n) is 3.55. The third kappa shape index (κ3) is 3.63. The Hall–Kier alpha value is -1.39. The zero-order valence-electron chi connectivity index (χ0n) is 11.7. The molecule has 0 bridgehead atoms. The largest absolute Gasteiger partial charge is 0.395 e. The van der Waals surface area contributed by atoms with Gasteiger partial charge in [-0.1, -0.05) is 24.3 Å². The summed E-state index contributed by atoms with van der Waals surface area (Å²) in [5.74, 6) is 5.20. The van der Waals surface area contributed by atoms with E-state index in [2.05, 4.69) is 11.8 Å². The van der Waals surface area contributed by atoms with Crippen molar-refractivity contribution in [3.05, 3.63) is 29.8 Å². The van der Waals surface area contributed by atoms with Crippen molar-refractivity contribution in [3.63, 3.8) is 0 Å². The first-order chi connectivity index (χ1) is 10.1. The molecule has 0 atom stereocenters. The average Bonchev–Trinajstić information content (AvgIpc) is 2.43. The second-order valence-electron chi connectivity index (χ2n) is 4.91. The summed E-state index contributed by atoms with van der Waals surface area (Å²) in [6, 6.07) is 6.34. The van der Waals surface area contributed by atoms with Crippen LogP contribution in [0, 0.1) is 11.8 Å². The maximum absolute atomic E-state index is 12.7. The van der Waals surface area contributed by atoms with Crippen LogP contribution >= 0.6 is 0 Å². The highest BCUT2D eigenvalue weighted by Gasteiger charge is 2.34. The van der Waals surface area contributed by atoms with Gasteiger partial charge in [0, 0.05) is 18.2 Å². The summed E-state index contributed by atoms with van der Waals surface area (Å²) in [6.45, 7) is -0.352. The predicted molar refractivity (Wildman–Crippen MR) is 79.0 cm³/mol. The van der Waals surface area contributed by atoms with Gasteiger partial charge in [0.25, 0.3) is 0 Å². The van der Waals surface area contributed by atoms with Gasteiger partial charge in [0.05, 0.1) is 11.5 Å². The minimum Gasteiger partial charge on any atom is -0.395 e. The van der Waals surface area contributed by atoms with Crippen LogP contribution < -0.4 is 0 Å². The van der Waals surface area contributed by atoms with Crippen molar-refractivity contribution in [1.29, 1.82) is 0 Å². The molecule has 1 aliphatic carbocycles. The van der Waals surface area contributed by atoms with Gasteiger partial charge in [0.2, 0.25) is 10.0 Å². The molecule has 2 N–H and O–H groups in total. The number of hydrogen-bond donors (Lipinski definition) is 2. The SMILES string of the molecule is O=S(=O)(c1cccc(C#CCO)c1)N(CCO)C1CCC1. The Labute approximate surface area is 125 Å². The molecule has 0 heterocycles. The van der Waals surface area contributed by atoms with E-state index in [1.165, 1.54) is 16.4 Å². The summed E-state index contributed by atoms with van der Waals surface area (Å²) in [5.41, 5.74) is 0.544. The van der Waals surface area contributed by atoms with Gasteiger partial charge in [-0.05, 0) is 31.0 Å². The summed E-state index contributed by atoms with van der Waals surface area (Å²) < 4.78 is 26.8. The molecule has 21 heavy (non-hydrogen) atoms. The van der Waals surface area contributed by atoms with Crippen LogP contribution in [0.2, 0.25) is 0 Å². The number of nitrogens with zero attached hydrogens (tertiary/aromatic N) is 1. The molecule has 6 heteroatoms. The number of hydrogen-bond acceptors (Lipinski definition) is 4. The average molecular weight is 309 g/mol. The van der Waals surface area contributed by atoms with E-state index < -0.39 is 10.0 Å². The van der Waals surface area contributed by atoms with Crippen molar-refractivity contribution in [2.75, 3.05) is 19.8 Å². The molecule has 5 nitrogen and oxygen atoms in total. The Bertz CT molecular complexity index is 641. The summed E-state index contributed by atoms with van der Waals surface area (Å²) in [5, 5.41) is 17.8. The number of sulfonamides is 1. The fourth-order valence-electron chi connectivity index (χ4n) is 2.28. The van der Waals surface area contributed by atoms with E-state index in [-0.39, 0.29) is 30.7 Å². The summed E-state index contributed by atoms with van der Waals surface area (Å²) in [4.78, 5) is 0.174. The van der Waals surface area contributed by atoms with Gasteiger partial charge >= 0.3 is 0 Å². The van der Waals surface area contributed by atoms with Crippen molar-refractivity contribution in [1.82, 2.24) is 4.31 Å². The molecular formula is C15H19NO4S. The van der Waals surface area contributed by atoms with Crippen LogP contribution in [0.25, 0.3) is 0 Å². The molecule has 1 aliphatic rings. The van der Waals surface area contributed by atoms with Gasteiger partial charge in [0.1, 0.15) is 6.61 Å². The van der Waals surface area contributed by atoms with Crippen LogP contribution in [0.1, 0.15) is 24.8 Å². The molecule has 0 radical (unpaired) electrons. The normalized spacial score (nSPS) is 15.4. The Balaban J connectivity index is 2.32. The fraction of sp³-hybridized carbons (Fsp3) is 0.467. The summed E-state index contributed by atoms with van der Waals surface area (Å²) >= 11 is 0. The first-order valence-electron chi connectivity index (χ1n) is 6.92. The van der Waals surface area contributed by atoms with Gasteiger partial charge < -0.3 is 10.2 Å². The second kappa shape index (κ2) is 7.05. The number of aliphatic hydroxyl groups excluding tert-OH is 2. The highest BCUT2D eigenvalue weighted by Crippen LogP contribution is 2.29. The summed E-state index contributed by atoms with van der Waals surface area (Å²) in [7, 11) is -3.63. The van der Waals surface area contributed by atoms with Crippen LogP contribution in [-0.4, -0.2) is 48.7 Å². The molecule has 1 fully saturated rings. The molecule has 1 aromatic carbocycles. The van der Waals surface area contributed by atoms with E-state index in [0.717, 1.165) is 19.3 Å². The number of aliphatic hydroxyl groups is 2.